The molecule has 20 heavy (non-hydrogen) atoms. The van der Waals surface area contributed by atoms with Gasteiger partial charge < -0.3 is 10.6 Å². The van der Waals surface area contributed by atoms with Crippen molar-refractivity contribution in [1.29, 1.82) is 0 Å². The molecule has 1 aromatic carbocycles. The number of hydrogen-bond donors (Lipinski definition) is 1. The topological polar surface area (TPSA) is 55.0 Å². The number of rotatable bonds is 6. The molecule has 1 heterocycles. The first-order chi connectivity index (χ1) is 9.61. The van der Waals surface area contributed by atoms with E-state index in [-0.39, 0.29) is 0 Å². The summed E-state index contributed by atoms with van der Waals surface area (Å²) < 4.78 is 4.43. The minimum Gasteiger partial charge on any atom is -0.398 e. The fraction of sp³-hybridized carbons (Fsp3) is 0.467. The summed E-state index contributed by atoms with van der Waals surface area (Å²) >= 11 is 1.48. The largest absolute Gasteiger partial charge is 0.398 e. The van der Waals surface area contributed by atoms with Crippen LogP contribution in [0.15, 0.2) is 24.3 Å². The number of anilines is 2. The van der Waals surface area contributed by atoms with Crippen molar-refractivity contribution in [1.82, 2.24) is 9.36 Å². The zero-order chi connectivity index (χ0) is 14.5. The van der Waals surface area contributed by atoms with Gasteiger partial charge in [-0.15, -0.1) is 0 Å². The fourth-order valence-electron chi connectivity index (χ4n) is 2.02. The van der Waals surface area contributed by atoms with Gasteiger partial charge in [-0.3, -0.25) is 0 Å². The summed E-state index contributed by atoms with van der Waals surface area (Å²) in [5.41, 5.74) is 8.00. The van der Waals surface area contributed by atoms with Crippen LogP contribution in [0.2, 0.25) is 0 Å². The monoisotopic (exact) mass is 290 g/mol. The van der Waals surface area contributed by atoms with Gasteiger partial charge >= 0.3 is 0 Å². The van der Waals surface area contributed by atoms with Gasteiger partial charge in [-0.2, -0.15) is 4.37 Å². The van der Waals surface area contributed by atoms with Crippen LogP contribution in [-0.2, 0) is 13.0 Å². The zero-order valence-electron chi connectivity index (χ0n) is 12.3. The van der Waals surface area contributed by atoms with Crippen LogP contribution in [-0.4, -0.2) is 15.4 Å². The molecule has 0 saturated heterocycles. The normalized spacial score (nSPS) is 11.0. The van der Waals surface area contributed by atoms with Gasteiger partial charge in [-0.05, 0) is 31.9 Å². The molecule has 108 valence electrons. The van der Waals surface area contributed by atoms with Gasteiger partial charge in [-0.25, -0.2) is 4.98 Å². The molecule has 1 aromatic heterocycles. The Morgan fingerprint density at radius 3 is 2.70 bits per heavy atom. The maximum absolute atomic E-state index is 6.04. The lowest BCUT2D eigenvalue weighted by Crippen LogP contribution is -2.30. The van der Waals surface area contributed by atoms with E-state index < -0.39 is 0 Å². The van der Waals surface area contributed by atoms with Gasteiger partial charge in [0, 0.05) is 36.2 Å². The molecule has 0 aliphatic heterocycles. The molecule has 0 unspecified atom stereocenters. The zero-order valence-corrected chi connectivity index (χ0v) is 13.2. The quantitative estimate of drug-likeness (QED) is 0.827. The van der Waals surface area contributed by atoms with Crippen molar-refractivity contribution in [2.24, 2.45) is 0 Å². The summed E-state index contributed by atoms with van der Waals surface area (Å²) in [4.78, 5) is 6.89. The molecule has 0 aliphatic rings. The van der Waals surface area contributed by atoms with E-state index in [0.29, 0.717) is 6.04 Å². The van der Waals surface area contributed by atoms with Gasteiger partial charge in [0.25, 0.3) is 0 Å². The minimum atomic E-state index is 0.358. The Balaban J connectivity index is 2.20. The van der Waals surface area contributed by atoms with Crippen molar-refractivity contribution >= 4 is 22.4 Å². The number of aromatic nitrogens is 2. The highest BCUT2D eigenvalue weighted by Gasteiger charge is 2.16. The predicted molar refractivity (Wildman–Crippen MR) is 86.1 cm³/mol. The SMILES string of the molecule is CCCc1nsc(N(Cc2ccccc2N)C(C)C)n1. The van der Waals surface area contributed by atoms with E-state index >= 15 is 0 Å². The highest BCUT2D eigenvalue weighted by atomic mass is 32.1. The fourth-order valence-corrected chi connectivity index (χ4v) is 2.86. The van der Waals surface area contributed by atoms with Crippen LogP contribution in [0.1, 0.15) is 38.6 Å². The highest BCUT2D eigenvalue weighted by Crippen LogP contribution is 2.24. The third-order valence-corrected chi connectivity index (χ3v) is 3.99. The van der Waals surface area contributed by atoms with E-state index in [1.165, 1.54) is 11.5 Å². The molecular weight excluding hydrogens is 268 g/mol. The standard InChI is InChI=1S/C15H22N4S/c1-4-7-14-17-15(20-18-14)19(11(2)3)10-12-8-5-6-9-13(12)16/h5-6,8-9,11H,4,7,10,16H2,1-3H3. The summed E-state index contributed by atoms with van der Waals surface area (Å²) in [5.74, 6) is 0.944. The number of hydrogen-bond acceptors (Lipinski definition) is 5. The van der Waals surface area contributed by atoms with E-state index in [1.54, 1.807) is 0 Å². The first kappa shape index (κ1) is 14.8. The number of nitrogens with two attached hydrogens (primary N) is 1. The number of nitrogens with zero attached hydrogens (tertiary/aromatic N) is 3. The van der Waals surface area contributed by atoms with Crippen molar-refractivity contribution < 1.29 is 0 Å². The Bertz CT molecular complexity index is 550. The molecule has 5 heteroatoms. The van der Waals surface area contributed by atoms with E-state index in [2.05, 4.69) is 41.1 Å². The third kappa shape index (κ3) is 3.48. The van der Waals surface area contributed by atoms with Gasteiger partial charge in [0.15, 0.2) is 0 Å². The molecule has 2 aromatic rings. The second-order valence-corrected chi connectivity index (χ2v) is 5.89. The summed E-state index contributed by atoms with van der Waals surface area (Å²) in [6.07, 6.45) is 2.01. The summed E-state index contributed by atoms with van der Waals surface area (Å²) in [6, 6.07) is 8.35. The lowest BCUT2D eigenvalue weighted by molar-refractivity contribution is 0.678. The predicted octanol–water partition coefficient (Wildman–Crippen LogP) is 3.49. The van der Waals surface area contributed by atoms with Crippen LogP contribution >= 0.6 is 11.5 Å². The molecule has 0 atom stereocenters. The third-order valence-electron chi connectivity index (χ3n) is 3.20. The van der Waals surface area contributed by atoms with Crippen LogP contribution in [0.4, 0.5) is 10.8 Å². The molecule has 4 nitrogen and oxygen atoms in total. The molecule has 0 spiro atoms. The molecule has 2 rings (SSSR count). The smallest absolute Gasteiger partial charge is 0.205 e. The second kappa shape index (κ2) is 6.70. The van der Waals surface area contributed by atoms with Gasteiger partial charge in [0.2, 0.25) is 5.13 Å². The maximum Gasteiger partial charge on any atom is 0.205 e. The average molecular weight is 290 g/mol. The first-order valence-electron chi connectivity index (χ1n) is 7.04. The van der Waals surface area contributed by atoms with Gasteiger partial charge in [0.1, 0.15) is 5.82 Å². The number of nitrogen functional groups attached to an aromatic ring is 1. The molecule has 0 aliphatic carbocycles. The Hall–Kier alpha value is -1.62. The van der Waals surface area contributed by atoms with Crippen LogP contribution in [0, 0.1) is 0 Å². The highest BCUT2D eigenvalue weighted by molar-refractivity contribution is 7.09. The molecular formula is C15H22N4S. The molecule has 0 amide bonds. The maximum atomic E-state index is 6.04. The van der Waals surface area contributed by atoms with E-state index in [1.807, 2.05) is 18.2 Å². The van der Waals surface area contributed by atoms with Crippen molar-refractivity contribution in [2.75, 3.05) is 10.6 Å². The van der Waals surface area contributed by atoms with Crippen molar-refractivity contribution in [3.05, 3.63) is 35.7 Å². The Morgan fingerprint density at radius 2 is 2.05 bits per heavy atom. The van der Waals surface area contributed by atoms with Crippen molar-refractivity contribution in [3.8, 4) is 0 Å². The van der Waals surface area contributed by atoms with E-state index in [0.717, 1.165) is 41.6 Å². The number of benzene rings is 1. The van der Waals surface area contributed by atoms with Crippen LogP contribution < -0.4 is 10.6 Å². The lowest BCUT2D eigenvalue weighted by Gasteiger charge is -2.26. The molecule has 0 bridgehead atoms. The Morgan fingerprint density at radius 1 is 1.30 bits per heavy atom. The van der Waals surface area contributed by atoms with Crippen LogP contribution in [0.5, 0.6) is 0 Å². The van der Waals surface area contributed by atoms with Gasteiger partial charge in [-0.1, -0.05) is 25.1 Å². The summed E-state index contributed by atoms with van der Waals surface area (Å²) in [7, 11) is 0. The summed E-state index contributed by atoms with van der Waals surface area (Å²) in [5, 5.41) is 0.978. The average Bonchev–Trinajstić information content (AvgIpc) is 2.86. The van der Waals surface area contributed by atoms with Crippen LogP contribution in [0.3, 0.4) is 0 Å². The Kier molecular flexibility index (Phi) is 4.95. The van der Waals surface area contributed by atoms with Crippen LogP contribution in [0.25, 0.3) is 0 Å². The molecule has 0 radical (unpaired) electrons. The van der Waals surface area contributed by atoms with Crippen molar-refractivity contribution in [3.63, 3.8) is 0 Å². The lowest BCUT2D eigenvalue weighted by atomic mass is 10.1. The van der Waals surface area contributed by atoms with E-state index in [9.17, 15) is 0 Å². The molecule has 0 fully saturated rings. The van der Waals surface area contributed by atoms with Crippen molar-refractivity contribution in [2.45, 2.75) is 46.2 Å². The summed E-state index contributed by atoms with van der Waals surface area (Å²) in [6.45, 7) is 7.25. The number of para-hydroxylation sites is 1. The number of aryl methyl sites for hydroxylation is 1. The Labute approximate surface area is 124 Å². The first-order valence-corrected chi connectivity index (χ1v) is 7.81. The molecule has 2 N–H and O–H groups in total. The minimum absolute atomic E-state index is 0.358. The van der Waals surface area contributed by atoms with Gasteiger partial charge in [0.05, 0.1) is 0 Å². The second-order valence-electron chi connectivity index (χ2n) is 5.16. The van der Waals surface area contributed by atoms with E-state index in [4.69, 9.17) is 5.73 Å². The molecule has 0 saturated carbocycles.